The summed E-state index contributed by atoms with van der Waals surface area (Å²) in [5.41, 5.74) is 0. The summed E-state index contributed by atoms with van der Waals surface area (Å²) in [6.45, 7) is 3.86. The lowest BCUT2D eigenvalue weighted by molar-refractivity contribution is -0.149. The lowest BCUT2D eigenvalue weighted by Crippen LogP contribution is -2.15. The van der Waals surface area contributed by atoms with Crippen LogP contribution in [0.2, 0.25) is 0 Å². The van der Waals surface area contributed by atoms with Crippen LogP contribution in [-0.2, 0) is 19.0 Å². The molecule has 0 amide bonds. The van der Waals surface area contributed by atoms with Crippen LogP contribution in [-0.4, -0.2) is 44.9 Å². The van der Waals surface area contributed by atoms with Crippen molar-refractivity contribution in [1.82, 2.24) is 0 Å². The molecule has 0 aliphatic heterocycles. The molecule has 0 aromatic rings. The number of unbranched alkanes of at least 4 members (excludes halogenated alkanes) is 1. The Morgan fingerprint density at radius 3 is 2.53 bits per heavy atom. The van der Waals surface area contributed by atoms with E-state index in [9.17, 15) is 4.79 Å². The van der Waals surface area contributed by atoms with Crippen molar-refractivity contribution >= 4 is 17.6 Å². The number of hydrogen-bond acceptors (Lipinski definition) is 4. The molecule has 0 spiro atoms. The Labute approximate surface area is 95.8 Å². The van der Waals surface area contributed by atoms with Gasteiger partial charge in [0.05, 0.1) is 26.4 Å². The van der Waals surface area contributed by atoms with Crippen molar-refractivity contribution in [2.24, 2.45) is 0 Å². The van der Waals surface area contributed by atoms with Crippen molar-refractivity contribution in [3.05, 3.63) is 0 Å². The molecule has 0 N–H and O–H groups in total. The van der Waals surface area contributed by atoms with Gasteiger partial charge in [0.15, 0.2) is 0 Å². The van der Waals surface area contributed by atoms with Crippen LogP contribution < -0.4 is 0 Å². The van der Waals surface area contributed by atoms with Gasteiger partial charge in [-0.3, -0.25) is 0 Å². The first-order chi connectivity index (χ1) is 7.31. The summed E-state index contributed by atoms with van der Waals surface area (Å²) in [5.74, 6) is 0.153. The van der Waals surface area contributed by atoms with Gasteiger partial charge in [-0.1, -0.05) is 13.3 Å². The van der Waals surface area contributed by atoms with E-state index < -0.39 is 0 Å². The largest absolute Gasteiger partial charge is 0.464 e. The molecule has 0 rings (SSSR count). The van der Waals surface area contributed by atoms with Crippen LogP contribution in [0.25, 0.3) is 0 Å². The summed E-state index contributed by atoms with van der Waals surface area (Å²) in [4.78, 5) is 11.0. The quantitative estimate of drug-likeness (QED) is 0.330. The molecule has 0 heterocycles. The second kappa shape index (κ2) is 11.8. The maximum Gasteiger partial charge on any atom is 0.332 e. The van der Waals surface area contributed by atoms with Crippen LogP contribution in [0.15, 0.2) is 0 Å². The predicted molar refractivity (Wildman–Crippen MR) is 58.2 cm³/mol. The summed E-state index contributed by atoms with van der Waals surface area (Å²) in [6.07, 6.45) is 1.91. The van der Waals surface area contributed by atoms with E-state index in [2.05, 4.69) is 0 Å². The van der Waals surface area contributed by atoms with Crippen LogP contribution in [0, 0.1) is 0 Å². The summed E-state index contributed by atoms with van der Waals surface area (Å²) < 4.78 is 15.0. The minimum atomic E-state index is -0.319. The number of hydrogen-bond donors (Lipinski definition) is 0. The first-order valence-corrected chi connectivity index (χ1v) is 5.71. The number of rotatable bonds is 10. The first kappa shape index (κ1) is 14.7. The molecule has 0 saturated heterocycles. The van der Waals surface area contributed by atoms with Gasteiger partial charge in [-0.2, -0.15) is 0 Å². The van der Waals surface area contributed by atoms with Gasteiger partial charge in [-0.25, -0.2) is 4.79 Å². The normalized spacial score (nSPS) is 10.3. The molecule has 0 radical (unpaired) electrons. The highest BCUT2D eigenvalue weighted by molar-refractivity contribution is 6.17. The second-order valence-electron chi connectivity index (χ2n) is 2.93. The average molecular weight is 239 g/mol. The number of esters is 1. The number of halogens is 1. The molecule has 0 aliphatic rings. The summed E-state index contributed by atoms with van der Waals surface area (Å²) in [5, 5.41) is 0. The molecule has 0 aromatic heterocycles. The molecule has 90 valence electrons. The van der Waals surface area contributed by atoms with Crippen molar-refractivity contribution < 1.29 is 19.0 Å². The third-order valence-corrected chi connectivity index (χ3v) is 1.73. The maximum atomic E-state index is 11.0. The fraction of sp³-hybridized carbons (Fsp3) is 0.900. The molecular formula is C10H19ClO4. The van der Waals surface area contributed by atoms with Crippen LogP contribution in [0.3, 0.4) is 0 Å². The molecular weight excluding hydrogens is 220 g/mol. The smallest absolute Gasteiger partial charge is 0.332 e. The van der Waals surface area contributed by atoms with Crippen LogP contribution in [0.5, 0.6) is 0 Å². The molecule has 15 heavy (non-hydrogen) atoms. The topological polar surface area (TPSA) is 44.8 Å². The van der Waals surface area contributed by atoms with Gasteiger partial charge < -0.3 is 14.2 Å². The van der Waals surface area contributed by atoms with E-state index in [1.807, 2.05) is 6.92 Å². The molecule has 0 aromatic carbocycles. The van der Waals surface area contributed by atoms with E-state index in [1.54, 1.807) is 0 Å². The van der Waals surface area contributed by atoms with Crippen molar-refractivity contribution in [1.29, 1.82) is 0 Å². The molecule has 0 saturated carbocycles. The molecule has 0 aliphatic carbocycles. The second-order valence-corrected chi connectivity index (χ2v) is 3.31. The minimum Gasteiger partial charge on any atom is -0.464 e. The van der Waals surface area contributed by atoms with E-state index in [0.717, 1.165) is 12.8 Å². The average Bonchev–Trinajstić information content (AvgIpc) is 2.23. The lowest BCUT2D eigenvalue weighted by Gasteiger charge is -2.05. The Hall–Kier alpha value is -0.320. The van der Waals surface area contributed by atoms with Gasteiger partial charge in [0, 0.05) is 5.88 Å². The molecule has 0 fully saturated rings. The predicted octanol–water partition coefficient (Wildman–Crippen LogP) is 1.60. The monoisotopic (exact) mass is 238 g/mol. The highest BCUT2D eigenvalue weighted by Gasteiger charge is 2.01. The maximum absolute atomic E-state index is 11.0. The zero-order valence-corrected chi connectivity index (χ0v) is 9.92. The van der Waals surface area contributed by atoms with Gasteiger partial charge in [0.25, 0.3) is 0 Å². The molecule has 5 heteroatoms. The molecule has 0 unspecified atom stereocenters. The highest BCUT2D eigenvalue weighted by Crippen LogP contribution is 1.89. The SMILES string of the molecule is CCCCOC(=O)COCCOCCCl. The lowest BCUT2D eigenvalue weighted by atomic mass is 10.4. The van der Waals surface area contributed by atoms with Gasteiger partial charge in [-0.15, -0.1) is 11.6 Å². The van der Waals surface area contributed by atoms with Crippen molar-refractivity contribution in [2.45, 2.75) is 19.8 Å². The standard InChI is InChI=1S/C10H19ClO4/c1-2-3-5-15-10(12)9-14-8-7-13-6-4-11/h2-9H2,1H3. The summed E-state index contributed by atoms with van der Waals surface area (Å²) in [7, 11) is 0. The van der Waals surface area contributed by atoms with E-state index in [4.69, 9.17) is 25.8 Å². The van der Waals surface area contributed by atoms with Gasteiger partial charge in [0.2, 0.25) is 0 Å². The fourth-order valence-electron chi connectivity index (χ4n) is 0.802. The third-order valence-electron chi connectivity index (χ3n) is 1.57. The van der Waals surface area contributed by atoms with E-state index >= 15 is 0 Å². The van der Waals surface area contributed by atoms with E-state index in [0.29, 0.717) is 32.3 Å². The van der Waals surface area contributed by atoms with Crippen LogP contribution in [0.1, 0.15) is 19.8 Å². The Balaban J connectivity index is 3.10. The van der Waals surface area contributed by atoms with Gasteiger partial charge >= 0.3 is 5.97 Å². The Bertz CT molecular complexity index is 152. The van der Waals surface area contributed by atoms with Crippen LogP contribution >= 0.6 is 11.6 Å². The fourth-order valence-corrected chi connectivity index (χ4v) is 0.911. The van der Waals surface area contributed by atoms with Gasteiger partial charge in [-0.05, 0) is 6.42 Å². The van der Waals surface area contributed by atoms with Crippen molar-refractivity contribution in [3.8, 4) is 0 Å². The zero-order valence-electron chi connectivity index (χ0n) is 9.17. The molecule has 0 bridgehead atoms. The van der Waals surface area contributed by atoms with Gasteiger partial charge in [0.1, 0.15) is 6.61 Å². The Morgan fingerprint density at radius 2 is 1.87 bits per heavy atom. The van der Waals surface area contributed by atoms with Crippen LogP contribution in [0.4, 0.5) is 0 Å². The van der Waals surface area contributed by atoms with E-state index in [1.165, 1.54) is 0 Å². The number of alkyl halides is 1. The number of carbonyl (C=O) groups is 1. The number of carbonyl (C=O) groups excluding carboxylic acids is 1. The van der Waals surface area contributed by atoms with Crippen molar-refractivity contribution in [2.75, 3.05) is 38.9 Å². The Kier molecular flexibility index (Phi) is 11.5. The summed E-state index contributed by atoms with van der Waals surface area (Å²) in [6, 6.07) is 0. The molecule has 0 atom stereocenters. The third kappa shape index (κ3) is 11.6. The first-order valence-electron chi connectivity index (χ1n) is 5.18. The minimum absolute atomic E-state index is 0.00600. The zero-order chi connectivity index (χ0) is 11.4. The van der Waals surface area contributed by atoms with E-state index in [-0.39, 0.29) is 12.6 Å². The summed E-state index contributed by atoms with van der Waals surface area (Å²) >= 11 is 5.40. The molecule has 4 nitrogen and oxygen atoms in total. The Morgan fingerprint density at radius 1 is 1.13 bits per heavy atom. The highest BCUT2D eigenvalue weighted by atomic mass is 35.5. The van der Waals surface area contributed by atoms with Crippen molar-refractivity contribution in [3.63, 3.8) is 0 Å². The number of ether oxygens (including phenoxy) is 3.